The molecule has 0 saturated heterocycles. The molecule has 0 unspecified atom stereocenters. The Balaban J connectivity index is 2.32. The highest BCUT2D eigenvalue weighted by Gasteiger charge is 2.10. The van der Waals surface area contributed by atoms with Crippen molar-refractivity contribution in [1.82, 2.24) is 0 Å². The van der Waals surface area contributed by atoms with Crippen molar-refractivity contribution >= 4 is 13.2 Å². The minimum absolute atomic E-state index is 0.139. The lowest BCUT2D eigenvalue weighted by atomic mass is 10.4. The van der Waals surface area contributed by atoms with Crippen LogP contribution >= 0.6 is 7.92 Å². The third-order valence-corrected chi connectivity index (χ3v) is 5.70. The van der Waals surface area contributed by atoms with Crippen LogP contribution in [0.3, 0.4) is 0 Å². The Bertz CT molecular complexity index is 320. The fourth-order valence-corrected chi connectivity index (χ4v) is 4.36. The lowest BCUT2D eigenvalue weighted by molar-refractivity contribution is -0.0300. The molecule has 21 heavy (non-hydrogen) atoms. The Morgan fingerprint density at radius 3 is 1.81 bits per heavy atom. The summed E-state index contributed by atoms with van der Waals surface area (Å²) in [5.74, 6) is 0. The van der Waals surface area contributed by atoms with Gasteiger partial charge in [-0.2, -0.15) is 0 Å². The Kier molecular flexibility index (Phi) is 11.6. The van der Waals surface area contributed by atoms with Crippen molar-refractivity contribution in [3.8, 4) is 0 Å². The highest BCUT2D eigenvalue weighted by atomic mass is 31.1. The third kappa shape index (κ3) is 9.18. The van der Waals surface area contributed by atoms with Crippen molar-refractivity contribution in [2.24, 2.45) is 0 Å². The molecule has 4 nitrogen and oxygen atoms in total. The van der Waals surface area contributed by atoms with Crippen LogP contribution in [0.1, 0.15) is 12.8 Å². The maximum atomic E-state index is 5.37. The average molecular weight is 314 g/mol. The smallest absolute Gasteiger partial charge is 0.146 e. The van der Waals surface area contributed by atoms with Gasteiger partial charge in [0.2, 0.25) is 0 Å². The second-order valence-corrected chi connectivity index (χ2v) is 7.15. The molecule has 1 aromatic carbocycles. The number of hydrogen-bond donors (Lipinski definition) is 0. The van der Waals surface area contributed by atoms with E-state index in [1.165, 1.54) is 17.6 Å². The predicted molar refractivity (Wildman–Crippen MR) is 87.6 cm³/mol. The highest BCUT2D eigenvalue weighted by Crippen LogP contribution is 2.35. The summed E-state index contributed by atoms with van der Waals surface area (Å²) >= 11 is 0. The molecule has 0 radical (unpaired) electrons. The van der Waals surface area contributed by atoms with Crippen LogP contribution in [0.25, 0.3) is 0 Å². The van der Waals surface area contributed by atoms with Gasteiger partial charge in [0.15, 0.2) is 0 Å². The van der Waals surface area contributed by atoms with Crippen molar-refractivity contribution in [3.05, 3.63) is 30.3 Å². The van der Waals surface area contributed by atoms with Gasteiger partial charge in [-0.05, 0) is 30.5 Å². The normalized spacial score (nSPS) is 11.2. The number of hydrogen-bond acceptors (Lipinski definition) is 4. The zero-order valence-corrected chi connectivity index (χ0v) is 14.0. The molecule has 0 aliphatic heterocycles. The Morgan fingerprint density at radius 2 is 1.33 bits per heavy atom. The Labute approximate surface area is 129 Å². The van der Waals surface area contributed by atoms with Gasteiger partial charge in [0.05, 0.1) is 0 Å². The Morgan fingerprint density at radius 1 is 0.810 bits per heavy atom. The van der Waals surface area contributed by atoms with Gasteiger partial charge in [0.25, 0.3) is 0 Å². The number of ether oxygens (including phenoxy) is 4. The molecule has 0 spiro atoms. The van der Waals surface area contributed by atoms with E-state index in [9.17, 15) is 0 Å². The molecule has 5 heteroatoms. The summed E-state index contributed by atoms with van der Waals surface area (Å²) in [5, 5.41) is 1.46. The summed E-state index contributed by atoms with van der Waals surface area (Å²) in [6, 6.07) is 10.8. The van der Waals surface area contributed by atoms with Crippen molar-refractivity contribution in [3.63, 3.8) is 0 Å². The fraction of sp³-hybridized carbons (Fsp3) is 0.625. The second kappa shape index (κ2) is 13.2. The number of rotatable bonds is 13. The zero-order valence-electron chi connectivity index (χ0n) is 13.1. The molecule has 0 aromatic heterocycles. The first kappa shape index (κ1) is 18.5. The molecule has 0 fully saturated rings. The molecule has 0 aliphatic rings. The van der Waals surface area contributed by atoms with Crippen molar-refractivity contribution < 1.29 is 18.9 Å². The molecule has 0 N–H and O–H groups in total. The molecule has 0 amide bonds. The second-order valence-electron chi connectivity index (χ2n) is 4.66. The monoisotopic (exact) mass is 314 g/mol. The van der Waals surface area contributed by atoms with Crippen molar-refractivity contribution in [1.29, 1.82) is 0 Å². The molecular weight excluding hydrogens is 287 g/mol. The minimum atomic E-state index is -0.139. The van der Waals surface area contributed by atoms with E-state index in [1.807, 2.05) is 0 Å². The third-order valence-electron chi connectivity index (χ3n) is 2.96. The van der Waals surface area contributed by atoms with Crippen LogP contribution in [-0.4, -0.2) is 53.3 Å². The van der Waals surface area contributed by atoms with Gasteiger partial charge in [-0.3, -0.25) is 0 Å². The van der Waals surface area contributed by atoms with Crippen LogP contribution in [0, 0.1) is 0 Å². The standard InChI is InChI=1S/C16H27O4P/c1-17-14-19-10-6-12-21(13-7-11-20-15-18-2)16-8-4-3-5-9-16/h3-5,8-9H,6-7,10-15H2,1-2H3. The molecule has 120 valence electrons. The van der Waals surface area contributed by atoms with E-state index in [2.05, 4.69) is 30.3 Å². The molecule has 0 atom stereocenters. The summed E-state index contributed by atoms with van der Waals surface area (Å²) in [4.78, 5) is 0. The van der Waals surface area contributed by atoms with Crippen molar-refractivity contribution in [2.75, 3.05) is 53.3 Å². The minimum Gasteiger partial charge on any atom is -0.359 e. The van der Waals surface area contributed by atoms with E-state index in [1.54, 1.807) is 14.2 Å². The lowest BCUT2D eigenvalue weighted by Crippen LogP contribution is -2.10. The fourth-order valence-electron chi connectivity index (χ4n) is 2.01. The quantitative estimate of drug-likeness (QED) is 0.319. The molecule has 0 heterocycles. The number of benzene rings is 1. The zero-order chi connectivity index (χ0) is 15.2. The van der Waals surface area contributed by atoms with Crippen LogP contribution in [0.5, 0.6) is 0 Å². The van der Waals surface area contributed by atoms with Crippen LogP contribution in [0.4, 0.5) is 0 Å². The van der Waals surface area contributed by atoms with Crippen LogP contribution in [0.2, 0.25) is 0 Å². The van der Waals surface area contributed by atoms with E-state index in [0.29, 0.717) is 13.6 Å². The van der Waals surface area contributed by atoms with E-state index in [-0.39, 0.29) is 7.92 Å². The maximum absolute atomic E-state index is 5.37. The molecule has 1 rings (SSSR count). The summed E-state index contributed by atoms with van der Waals surface area (Å²) < 4.78 is 20.5. The molecule has 0 bridgehead atoms. The lowest BCUT2D eigenvalue weighted by Gasteiger charge is -2.18. The molecule has 0 saturated carbocycles. The van der Waals surface area contributed by atoms with E-state index in [4.69, 9.17) is 18.9 Å². The SMILES string of the molecule is COCOCCCP(CCCOCOC)c1ccccc1. The largest absolute Gasteiger partial charge is 0.359 e. The summed E-state index contributed by atoms with van der Waals surface area (Å²) in [6.45, 7) is 2.29. The first-order valence-corrected chi connectivity index (χ1v) is 9.03. The van der Waals surface area contributed by atoms with Gasteiger partial charge in [0.1, 0.15) is 13.6 Å². The van der Waals surface area contributed by atoms with Crippen molar-refractivity contribution in [2.45, 2.75) is 12.8 Å². The van der Waals surface area contributed by atoms with Crippen LogP contribution in [-0.2, 0) is 18.9 Å². The van der Waals surface area contributed by atoms with Gasteiger partial charge in [-0.15, -0.1) is 0 Å². The van der Waals surface area contributed by atoms with E-state index >= 15 is 0 Å². The molecule has 0 aliphatic carbocycles. The first-order valence-electron chi connectivity index (χ1n) is 7.32. The topological polar surface area (TPSA) is 36.9 Å². The van der Waals surface area contributed by atoms with Gasteiger partial charge in [0, 0.05) is 27.4 Å². The first-order chi connectivity index (χ1) is 10.4. The maximum Gasteiger partial charge on any atom is 0.146 e. The molecule has 1 aromatic rings. The number of methoxy groups -OCH3 is 2. The molecular formula is C16H27O4P. The van der Waals surface area contributed by atoms with Crippen LogP contribution < -0.4 is 5.30 Å². The average Bonchev–Trinajstić information content (AvgIpc) is 2.53. The van der Waals surface area contributed by atoms with Crippen LogP contribution in [0.15, 0.2) is 30.3 Å². The van der Waals surface area contributed by atoms with Gasteiger partial charge in [-0.1, -0.05) is 38.3 Å². The Hall–Kier alpha value is -0.510. The van der Waals surface area contributed by atoms with Gasteiger partial charge >= 0.3 is 0 Å². The summed E-state index contributed by atoms with van der Waals surface area (Å²) in [5.41, 5.74) is 0. The summed E-state index contributed by atoms with van der Waals surface area (Å²) in [7, 11) is 3.16. The summed E-state index contributed by atoms with van der Waals surface area (Å²) in [6.07, 6.45) is 4.52. The van der Waals surface area contributed by atoms with Gasteiger partial charge in [-0.25, -0.2) is 0 Å². The van der Waals surface area contributed by atoms with E-state index in [0.717, 1.165) is 26.1 Å². The van der Waals surface area contributed by atoms with Gasteiger partial charge < -0.3 is 18.9 Å². The predicted octanol–water partition coefficient (Wildman–Crippen LogP) is 2.82. The highest BCUT2D eigenvalue weighted by molar-refractivity contribution is 7.65. The van der Waals surface area contributed by atoms with E-state index < -0.39 is 0 Å².